The molecule has 1 aliphatic rings. The normalized spacial score (nSPS) is 14.9. The molecule has 0 unspecified atom stereocenters. The van der Waals surface area contributed by atoms with Crippen molar-refractivity contribution in [3.63, 3.8) is 0 Å². The first kappa shape index (κ1) is 11.0. The highest BCUT2D eigenvalue weighted by Crippen LogP contribution is 2.14. The fraction of sp³-hybridized carbons (Fsp3) is 0.385. The second-order valence-electron chi connectivity index (χ2n) is 4.21. The molecular formula is C13H19N3. The Hall–Kier alpha value is -1.48. The quantitative estimate of drug-likeness (QED) is 0.829. The standard InChI is InChI=1S/C13H19N3/c1-12-4-2-3-5-13(12)10-16-9-8-15(11-16)7-6-14/h2-5,8-9H,6-7,10-11,14H2,1H3. The van der Waals surface area contributed by atoms with Crippen LogP contribution in [0, 0.1) is 6.92 Å². The van der Waals surface area contributed by atoms with Crippen LogP contribution in [0.2, 0.25) is 0 Å². The van der Waals surface area contributed by atoms with Crippen LogP contribution in [0.3, 0.4) is 0 Å². The van der Waals surface area contributed by atoms with Crippen LogP contribution in [0.1, 0.15) is 11.1 Å². The van der Waals surface area contributed by atoms with Crippen LogP contribution in [0.15, 0.2) is 36.7 Å². The lowest BCUT2D eigenvalue weighted by Crippen LogP contribution is -2.29. The number of nitrogens with two attached hydrogens (primary N) is 1. The van der Waals surface area contributed by atoms with Crippen LogP contribution in [0.25, 0.3) is 0 Å². The van der Waals surface area contributed by atoms with Crippen LogP contribution in [-0.2, 0) is 6.54 Å². The summed E-state index contributed by atoms with van der Waals surface area (Å²) in [6.07, 6.45) is 4.26. The monoisotopic (exact) mass is 217 g/mol. The maximum atomic E-state index is 5.54. The number of benzene rings is 1. The molecule has 0 atom stereocenters. The Kier molecular flexibility index (Phi) is 3.47. The highest BCUT2D eigenvalue weighted by atomic mass is 15.3. The van der Waals surface area contributed by atoms with Crippen molar-refractivity contribution in [3.8, 4) is 0 Å². The Labute approximate surface area is 97.2 Å². The largest absolute Gasteiger partial charge is 0.357 e. The molecule has 0 saturated heterocycles. The van der Waals surface area contributed by atoms with Gasteiger partial charge in [0.15, 0.2) is 0 Å². The molecule has 0 radical (unpaired) electrons. The minimum absolute atomic E-state index is 0.711. The third-order valence-electron chi connectivity index (χ3n) is 2.90. The van der Waals surface area contributed by atoms with Gasteiger partial charge in [0.1, 0.15) is 0 Å². The summed E-state index contributed by atoms with van der Waals surface area (Å²) in [5, 5.41) is 0. The van der Waals surface area contributed by atoms with Crippen molar-refractivity contribution < 1.29 is 0 Å². The zero-order valence-corrected chi connectivity index (χ0v) is 9.76. The number of hydrogen-bond acceptors (Lipinski definition) is 3. The number of rotatable bonds is 4. The highest BCUT2D eigenvalue weighted by Gasteiger charge is 2.11. The molecule has 86 valence electrons. The van der Waals surface area contributed by atoms with E-state index < -0.39 is 0 Å². The van der Waals surface area contributed by atoms with Gasteiger partial charge in [0.2, 0.25) is 0 Å². The van der Waals surface area contributed by atoms with E-state index in [-0.39, 0.29) is 0 Å². The Morgan fingerprint density at radius 2 is 1.94 bits per heavy atom. The van der Waals surface area contributed by atoms with E-state index in [0.29, 0.717) is 6.54 Å². The van der Waals surface area contributed by atoms with Crippen molar-refractivity contribution in [2.75, 3.05) is 19.8 Å². The number of hydrogen-bond donors (Lipinski definition) is 1. The molecule has 0 aromatic heterocycles. The topological polar surface area (TPSA) is 32.5 Å². The lowest BCUT2D eigenvalue weighted by Gasteiger charge is -2.21. The predicted molar refractivity (Wildman–Crippen MR) is 66.5 cm³/mol. The van der Waals surface area contributed by atoms with Gasteiger partial charge in [-0.25, -0.2) is 0 Å². The summed E-state index contributed by atoms with van der Waals surface area (Å²) in [5.74, 6) is 0. The Balaban J connectivity index is 1.93. The smallest absolute Gasteiger partial charge is 0.0897 e. The van der Waals surface area contributed by atoms with Gasteiger partial charge in [-0.1, -0.05) is 24.3 Å². The number of aryl methyl sites for hydroxylation is 1. The summed E-state index contributed by atoms with van der Waals surface area (Å²) < 4.78 is 0. The minimum Gasteiger partial charge on any atom is -0.357 e. The predicted octanol–water partition coefficient (Wildman–Crippen LogP) is 1.50. The molecule has 1 heterocycles. The minimum atomic E-state index is 0.711. The van der Waals surface area contributed by atoms with Crippen LogP contribution < -0.4 is 5.73 Å². The molecule has 1 aromatic carbocycles. The van der Waals surface area contributed by atoms with Gasteiger partial charge in [-0.05, 0) is 18.1 Å². The van der Waals surface area contributed by atoms with E-state index in [9.17, 15) is 0 Å². The SMILES string of the molecule is Cc1ccccc1CN1C=CN(CCN)C1. The Morgan fingerprint density at radius 1 is 1.19 bits per heavy atom. The summed E-state index contributed by atoms with van der Waals surface area (Å²) in [6, 6.07) is 8.53. The summed E-state index contributed by atoms with van der Waals surface area (Å²) in [4.78, 5) is 4.54. The Morgan fingerprint density at radius 3 is 2.69 bits per heavy atom. The molecule has 2 N–H and O–H groups in total. The van der Waals surface area contributed by atoms with Gasteiger partial charge in [0, 0.05) is 32.0 Å². The summed E-state index contributed by atoms with van der Waals surface area (Å²) in [7, 11) is 0. The lowest BCUT2D eigenvalue weighted by atomic mass is 10.1. The molecule has 1 aromatic rings. The van der Waals surface area contributed by atoms with E-state index in [2.05, 4.69) is 53.4 Å². The van der Waals surface area contributed by atoms with Gasteiger partial charge >= 0.3 is 0 Å². The van der Waals surface area contributed by atoms with Gasteiger partial charge in [-0.3, -0.25) is 0 Å². The first-order valence-corrected chi connectivity index (χ1v) is 5.70. The second-order valence-corrected chi connectivity index (χ2v) is 4.21. The molecule has 16 heavy (non-hydrogen) atoms. The maximum Gasteiger partial charge on any atom is 0.0897 e. The molecule has 1 aliphatic heterocycles. The molecule has 0 saturated carbocycles. The molecular weight excluding hydrogens is 198 g/mol. The van der Waals surface area contributed by atoms with Crippen LogP contribution in [0.4, 0.5) is 0 Å². The van der Waals surface area contributed by atoms with E-state index in [1.165, 1.54) is 11.1 Å². The van der Waals surface area contributed by atoms with E-state index in [1.807, 2.05) is 0 Å². The van der Waals surface area contributed by atoms with Crippen LogP contribution in [-0.4, -0.2) is 29.6 Å². The van der Waals surface area contributed by atoms with Crippen molar-refractivity contribution in [2.24, 2.45) is 5.73 Å². The molecule has 3 heteroatoms. The number of nitrogens with zero attached hydrogens (tertiary/aromatic N) is 2. The Bertz CT molecular complexity index is 373. The van der Waals surface area contributed by atoms with E-state index >= 15 is 0 Å². The third kappa shape index (κ3) is 2.55. The molecule has 3 nitrogen and oxygen atoms in total. The van der Waals surface area contributed by atoms with Crippen molar-refractivity contribution in [2.45, 2.75) is 13.5 Å². The summed E-state index contributed by atoms with van der Waals surface area (Å²) in [6.45, 7) is 5.73. The summed E-state index contributed by atoms with van der Waals surface area (Å²) >= 11 is 0. The zero-order valence-electron chi connectivity index (χ0n) is 9.76. The first-order chi connectivity index (χ1) is 7.79. The van der Waals surface area contributed by atoms with Crippen molar-refractivity contribution >= 4 is 0 Å². The fourth-order valence-electron chi connectivity index (χ4n) is 1.94. The first-order valence-electron chi connectivity index (χ1n) is 5.70. The van der Waals surface area contributed by atoms with Crippen LogP contribution in [0.5, 0.6) is 0 Å². The fourth-order valence-corrected chi connectivity index (χ4v) is 1.94. The van der Waals surface area contributed by atoms with Crippen molar-refractivity contribution in [1.29, 1.82) is 0 Å². The van der Waals surface area contributed by atoms with Gasteiger partial charge in [-0.15, -0.1) is 0 Å². The van der Waals surface area contributed by atoms with Crippen molar-refractivity contribution in [3.05, 3.63) is 47.8 Å². The van der Waals surface area contributed by atoms with Gasteiger partial charge < -0.3 is 15.5 Å². The second kappa shape index (κ2) is 5.03. The molecule has 2 rings (SSSR count). The molecule has 0 spiro atoms. The van der Waals surface area contributed by atoms with Gasteiger partial charge in [0.25, 0.3) is 0 Å². The van der Waals surface area contributed by atoms with Crippen molar-refractivity contribution in [1.82, 2.24) is 9.80 Å². The molecule has 0 aliphatic carbocycles. The van der Waals surface area contributed by atoms with E-state index in [1.54, 1.807) is 0 Å². The average molecular weight is 217 g/mol. The van der Waals surface area contributed by atoms with Gasteiger partial charge in [-0.2, -0.15) is 0 Å². The maximum absolute atomic E-state index is 5.54. The highest BCUT2D eigenvalue weighted by molar-refractivity contribution is 5.25. The lowest BCUT2D eigenvalue weighted by molar-refractivity contribution is 0.264. The molecule has 0 fully saturated rings. The molecule has 0 bridgehead atoms. The van der Waals surface area contributed by atoms with E-state index in [0.717, 1.165) is 19.8 Å². The molecule has 0 amide bonds. The average Bonchev–Trinajstić information content (AvgIpc) is 2.70. The van der Waals surface area contributed by atoms with Gasteiger partial charge in [0.05, 0.1) is 6.67 Å². The van der Waals surface area contributed by atoms with Crippen LogP contribution >= 0.6 is 0 Å². The summed E-state index contributed by atoms with van der Waals surface area (Å²) in [5.41, 5.74) is 8.28. The van der Waals surface area contributed by atoms with E-state index in [4.69, 9.17) is 5.73 Å². The zero-order chi connectivity index (χ0) is 11.4. The third-order valence-corrected chi connectivity index (χ3v) is 2.90.